The van der Waals surface area contributed by atoms with Gasteiger partial charge in [-0.1, -0.05) is 37.3 Å². The summed E-state index contributed by atoms with van der Waals surface area (Å²) >= 11 is 5.98. The Balaban J connectivity index is 3.43. The Hall–Kier alpha value is -0.343. The van der Waals surface area contributed by atoms with Gasteiger partial charge in [-0.3, -0.25) is 0 Å². The van der Waals surface area contributed by atoms with Gasteiger partial charge < -0.3 is 0 Å². The molecule has 13 heavy (non-hydrogen) atoms. The van der Waals surface area contributed by atoms with E-state index < -0.39 is 8.07 Å². The number of halogens is 2. The second kappa shape index (κ2) is 3.43. The number of hydrogen-bond acceptors (Lipinski definition) is 0. The lowest BCUT2D eigenvalue weighted by Crippen LogP contribution is -2.41. The van der Waals surface area contributed by atoms with E-state index in [2.05, 4.69) is 19.6 Å². The number of aryl methyl sites for hydroxylation is 1. The minimum atomic E-state index is -1.66. The van der Waals surface area contributed by atoms with Gasteiger partial charge >= 0.3 is 0 Å². The first-order valence-electron chi connectivity index (χ1n) is 4.29. The first-order chi connectivity index (χ1) is 5.84. The van der Waals surface area contributed by atoms with E-state index in [-0.39, 0.29) is 5.82 Å². The van der Waals surface area contributed by atoms with Crippen LogP contribution in [0.5, 0.6) is 0 Å². The fraction of sp³-hybridized carbons (Fsp3) is 0.400. The molecule has 0 spiro atoms. The normalized spacial score (nSPS) is 11.8. The fourth-order valence-electron chi connectivity index (χ4n) is 1.34. The SMILES string of the molecule is Cc1ccc(Cl)c([Si](C)(C)C)c1F. The summed E-state index contributed by atoms with van der Waals surface area (Å²) in [5.74, 6) is -0.119. The van der Waals surface area contributed by atoms with Crippen LogP contribution in [-0.4, -0.2) is 8.07 Å². The van der Waals surface area contributed by atoms with Gasteiger partial charge in [0.15, 0.2) is 0 Å². The van der Waals surface area contributed by atoms with E-state index in [1.54, 1.807) is 19.1 Å². The van der Waals surface area contributed by atoms with E-state index in [9.17, 15) is 4.39 Å². The first kappa shape index (κ1) is 10.7. The minimum absolute atomic E-state index is 0.119. The molecule has 0 aliphatic carbocycles. The molecule has 0 unspecified atom stereocenters. The molecule has 0 atom stereocenters. The molecule has 0 bridgehead atoms. The molecule has 1 rings (SSSR count). The largest absolute Gasteiger partial charge is 0.207 e. The van der Waals surface area contributed by atoms with Crippen molar-refractivity contribution in [1.29, 1.82) is 0 Å². The van der Waals surface area contributed by atoms with Gasteiger partial charge in [-0.25, -0.2) is 4.39 Å². The van der Waals surface area contributed by atoms with Gasteiger partial charge in [0.25, 0.3) is 0 Å². The Labute approximate surface area is 84.7 Å². The highest BCUT2D eigenvalue weighted by atomic mass is 35.5. The van der Waals surface area contributed by atoms with E-state index in [4.69, 9.17) is 11.6 Å². The lowest BCUT2D eigenvalue weighted by Gasteiger charge is -2.20. The first-order valence-corrected chi connectivity index (χ1v) is 8.17. The molecule has 1 aromatic carbocycles. The van der Waals surface area contributed by atoms with Gasteiger partial charge in [0, 0.05) is 5.02 Å². The van der Waals surface area contributed by atoms with Gasteiger partial charge in [-0.15, -0.1) is 0 Å². The molecule has 1 aromatic rings. The summed E-state index contributed by atoms with van der Waals surface area (Å²) in [6.07, 6.45) is 0. The van der Waals surface area contributed by atoms with Crippen molar-refractivity contribution in [2.45, 2.75) is 26.6 Å². The molecule has 0 aromatic heterocycles. The smallest absolute Gasteiger partial charge is 0.126 e. The highest BCUT2D eigenvalue weighted by Gasteiger charge is 2.24. The maximum Gasteiger partial charge on any atom is 0.126 e. The highest BCUT2D eigenvalue weighted by molar-refractivity contribution is 6.90. The van der Waals surface area contributed by atoms with Crippen LogP contribution >= 0.6 is 11.6 Å². The third kappa shape index (κ3) is 2.12. The Kier molecular flexibility index (Phi) is 2.83. The van der Waals surface area contributed by atoms with Crippen LogP contribution in [0.1, 0.15) is 5.56 Å². The van der Waals surface area contributed by atoms with E-state index in [0.29, 0.717) is 10.6 Å². The standard InChI is InChI=1S/C10H14ClFSi/c1-7-5-6-8(11)10(9(7)12)13(2,3)4/h5-6H,1-4H3. The summed E-state index contributed by atoms with van der Waals surface area (Å²) in [5, 5.41) is 1.32. The van der Waals surface area contributed by atoms with Crippen LogP contribution in [0.15, 0.2) is 12.1 Å². The molecule has 0 N–H and O–H groups in total. The zero-order chi connectivity index (χ0) is 10.2. The lowest BCUT2D eigenvalue weighted by molar-refractivity contribution is 0.626. The van der Waals surface area contributed by atoms with Crippen molar-refractivity contribution in [3.63, 3.8) is 0 Å². The summed E-state index contributed by atoms with van der Waals surface area (Å²) in [6, 6.07) is 3.51. The zero-order valence-corrected chi connectivity index (χ0v) is 10.2. The van der Waals surface area contributed by atoms with Gasteiger partial charge in [0.1, 0.15) is 5.82 Å². The topological polar surface area (TPSA) is 0 Å². The fourth-order valence-corrected chi connectivity index (χ4v) is 4.00. The minimum Gasteiger partial charge on any atom is -0.207 e. The van der Waals surface area contributed by atoms with Crippen LogP contribution < -0.4 is 5.19 Å². The van der Waals surface area contributed by atoms with Crippen LogP contribution in [0.3, 0.4) is 0 Å². The second-order valence-corrected chi connectivity index (χ2v) is 9.71. The number of hydrogen-bond donors (Lipinski definition) is 0. The predicted octanol–water partition coefficient (Wildman–Crippen LogP) is 3.33. The van der Waals surface area contributed by atoms with Gasteiger partial charge in [-0.2, -0.15) is 0 Å². The van der Waals surface area contributed by atoms with Crippen molar-refractivity contribution in [2.24, 2.45) is 0 Å². The number of benzene rings is 1. The van der Waals surface area contributed by atoms with Crippen molar-refractivity contribution < 1.29 is 4.39 Å². The molecular weight excluding hydrogens is 203 g/mol. The Morgan fingerprint density at radius 3 is 2.15 bits per heavy atom. The third-order valence-corrected chi connectivity index (χ3v) is 4.50. The predicted molar refractivity (Wildman–Crippen MR) is 59.1 cm³/mol. The molecule has 0 amide bonds. The maximum absolute atomic E-state index is 13.7. The molecule has 0 aliphatic rings. The zero-order valence-electron chi connectivity index (χ0n) is 8.41. The van der Waals surface area contributed by atoms with Gasteiger partial charge in [-0.05, 0) is 23.7 Å². The van der Waals surface area contributed by atoms with E-state index in [1.165, 1.54) is 0 Å². The third-order valence-electron chi connectivity index (χ3n) is 2.03. The van der Waals surface area contributed by atoms with Crippen LogP contribution in [0.4, 0.5) is 4.39 Å². The highest BCUT2D eigenvalue weighted by Crippen LogP contribution is 2.17. The van der Waals surface area contributed by atoms with Crippen molar-refractivity contribution in [3.05, 3.63) is 28.5 Å². The molecule has 0 radical (unpaired) electrons. The van der Waals surface area contributed by atoms with E-state index >= 15 is 0 Å². The quantitative estimate of drug-likeness (QED) is 0.632. The van der Waals surface area contributed by atoms with Crippen LogP contribution in [0.2, 0.25) is 24.7 Å². The van der Waals surface area contributed by atoms with Crippen molar-refractivity contribution in [2.75, 3.05) is 0 Å². The number of rotatable bonds is 1. The molecule has 3 heteroatoms. The molecule has 0 saturated heterocycles. The maximum atomic E-state index is 13.7. The molecule has 0 fully saturated rings. The van der Waals surface area contributed by atoms with Gasteiger partial charge in [0.05, 0.1) is 8.07 Å². The molecular formula is C10H14ClFSi. The van der Waals surface area contributed by atoms with Crippen LogP contribution in [-0.2, 0) is 0 Å². The summed E-state index contributed by atoms with van der Waals surface area (Å²) in [5.41, 5.74) is 0.682. The summed E-state index contributed by atoms with van der Waals surface area (Å²) < 4.78 is 13.7. The summed E-state index contributed by atoms with van der Waals surface area (Å²) in [4.78, 5) is 0. The van der Waals surface area contributed by atoms with E-state index in [0.717, 1.165) is 5.19 Å². The van der Waals surface area contributed by atoms with Crippen molar-refractivity contribution in [3.8, 4) is 0 Å². The molecule has 0 nitrogen and oxygen atoms in total. The Bertz CT molecular complexity index is 328. The lowest BCUT2D eigenvalue weighted by atomic mass is 10.2. The Morgan fingerprint density at radius 1 is 1.23 bits per heavy atom. The molecule has 0 heterocycles. The molecule has 0 aliphatic heterocycles. The second-order valence-electron chi connectivity index (χ2n) is 4.30. The van der Waals surface area contributed by atoms with Gasteiger partial charge in [0.2, 0.25) is 0 Å². The average molecular weight is 217 g/mol. The van der Waals surface area contributed by atoms with E-state index in [1.807, 2.05) is 0 Å². The van der Waals surface area contributed by atoms with Crippen molar-refractivity contribution in [1.82, 2.24) is 0 Å². The summed E-state index contributed by atoms with van der Waals surface area (Å²) in [7, 11) is -1.66. The van der Waals surface area contributed by atoms with Crippen LogP contribution in [0, 0.1) is 12.7 Å². The molecule has 0 saturated carbocycles. The monoisotopic (exact) mass is 216 g/mol. The average Bonchev–Trinajstić information content (AvgIpc) is 1.95. The molecule has 72 valence electrons. The van der Waals surface area contributed by atoms with Crippen LogP contribution in [0.25, 0.3) is 0 Å². The van der Waals surface area contributed by atoms with Crippen molar-refractivity contribution >= 4 is 24.9 Å². The summed E-state index contributed by atoms with van der Waals surface area (Å²) in [6.45, 7) is 8.06. The Morgan fingerprint density at radius 2 is 1.77 bits per heavy atom.